The summed E-state index contributed by atoms with van der Waals surface area (Å²) in [7, 11) is 0. The maximum absolute atomic E-state index is 6.06. The number of hydrogen-bond acceptors (Lipinski definition) is 4. The molecule has 26 heavy (non-hydrogen) atoms. The second-order valence-corrected chi connectivity index (χ2v) is 6.30. The van der Waals surface area contributed by atoms with Gasteiger partial charge in [0.15, 0.2) is 5.76 Å². The maximum atomic E-state index is 6.06. The highest BCUT2D eigenvalue weighted by molar-refractivity contribution is 5.76. The topological polar surface area (TPSA) is 61.7 Å². The average molecular weight is 347 g/mol. The van der Waals surface area contributed by atoms with Gasteiger partial charge in [-0.1, -0.05) is 37.3 Å². The SMILES string of the molecule is CCc1ccc(-c2c(-c3ccccc3)ncn2CC(C)n2cncn2)o1. The smallest absolute Gasteiger partial charge is 0.152 e. The summed E-state index contributed by atoms with van der Waals surface area (Å²) in [6.07, 6.45) is 6.03. The molecule has 1 atom stereocenters. The normalized spacial score (nSPS) is 12.4. The molecule has 132 valence electrons. The van der Waals surface area contributed by atoms with Crippen molar-refractivity contribution in [1.82, 2.24) is 24.3 Å². The Kier molecular flexibility index (Phi) is 4.39. The first-order valence-electron chi connectivity index (χ1n) is 8.80. The molecular weight excluding hydrogens is 326 g/mol. The third-order valence-electron chi connectivity index (χ3n) is 4.48. The molecular formula is C20H21N5O. The van der Waals surface area contributed by atoms with Crippen LogP contribution in [0.5, 0.6) is 0 Å². The summed E-state index contributed by atoms with van der Waals surface area (Å²) in [5.41, 5.74) is 2.99. The molecule has 0 saturated heterocycles. The van der Waals surface area contributed by atoms with Crippen molar-refractivity contribution in [2.24, 2.45) is 0 Å². The Morgan fingerprint density at radius 3 is 2.62 bits per heavy atom. The van der Waals surface area contributed by atoms with Crippen LogP contribution in [0.1, 0.15) is 25.6 Å². The third kappa shape index (κ3) is 3.06. The van der Waals surface area contributed by atoms with Crippen LogP contribution >= 0.6 is 0 Å². The van der Waals surface area contributed by atoms with E-state index in [9.17, 15) is 0 Å². The molecule has 4 rings (SSSR count). The Morgan fingerprint density at radius 2 is 1.92 bits per heavy atom. The van der Waals surface area contributed by atoms with E-state index in [1.54, 1.807) is 12.7 Å². The summed E-state index contributed by atoms with van der Waals surface area (Å²) in [5.74, 6) is 1.81. The minimum absolute atomic E-state index is 0.148. The molecule has 0 saturated carbocycles. The zero-order valence-electron chi connectivity index (χ0n) is 14.9. The highest BCUT2D eigenvalue weighted by atomic mass is 16.3. The lowest BCUT2D eigenvalue weighted by Gasteiger charge is -2.14. The fraction of sp³-hybridized carbons (Fsp3) is 0.250. The lowest BCUT2D eigenvalue weighted by atomic mass is 10.1. The second-order valence-electron chi connectivity index (χ2n) is 6.30. The van der Waals surface area contributed by atoms with Gasteiger partial charge in [-0.2, -0.15) is 5.10 Å². The van der Waals surface area contributed by atoms with Gasteiger partial charge in [0.05, 0.1) is 18.1 Å². The number of aromatic nitrogens is 5. The van der Waals surface area contributed by atoms with E-state index >= 15 is 0 Å². The van der Waals surface area contributed by atoms with E-state index in [1.165, 1.54) is 0 Å². The molecule has 0 aliphatic heterocycles. The third-order valence-corrected chi connectivity index (χ3v) is 4.48. The first-order chi connectivity index (χ1) is 12.8. The minimum atomic E-state index is 0.148. The zero-order valence-corrected chi connectivity index (χ0v) is 14.9. The van der Waals surface area contributed by atoms with Gasteiger partial charge in [-0.15, -0.1) is 0 Å². The summed E-state index contributed by atoms with van der Waals surface area (Å²) >= 11 is 0. The molecule has 4 aromatic rings. The van der Waals surface area contributed by atoms with Crippen LogP contribution in [-0.4, -0.2) is 24.3 Å². The second kappa shape index (κ2) is 7.00. The number of furan rings is 1. The molecule has 6 heteroatoms. The van der Waals surface area contributed by atoms with Crippen LogP contribution in [0.25, 0.3) is 22.7 Å². The van der Waals surface area contributed by atoms with Crippen LogP contribution in [0.2, 0.25) is 0 Å². The van der Waals surface area contributed by atoms with Crippen molar-refractivity contribution in [3.05, 3.63) is 67.2 Å². The summed E-state index contributed by atoms with van der Waals surface area (Å²) in [5, 5.41) is 4.25. The number of benzene rings is 1. The van der Waals surface area contributed by atoms with Crippen LogP contribution in [0, 0.1) is 0 Å². The van der Waals surface area contributed by atoms with Gasteiger partial charge in [-0.25, -0.2) is 14.6 Å². The van der Waals surface area contributed by atoms with E-state index in [0.717, 1.165) is 41.4 Å². The Hall–Kier alpha value is -3.15. The zero-order chi connectivity index (χ0) is 17.9. The van der Waals surface area contributed by atoms with Crippen LogP contribution in [0.4, 0.5) is 0 Å². The number of nitrogens with zero attached hydrogens (tertiary/aromatic N) is 5. The van der Waals surface area contributed by atoms with Crippen LogP contribution in [-0.2, 0) is 13.0 Å². The van der Waals surface area contributed by atoms with Gasteiger partial charge in [0.2, 0.25) is 0 Å². The number of hydrogen-bond donors (Lipinski definition) is 0. The largest absolute Gasteiger partial charge is 0.459 e. The van der Waals surface area contributed by atoms with E-state index in [2.05, 4.69) is 45.6 Å². The van der Waals surface area contributed by atoms with Gasteiger partial charge in [-0.05, 0) is 19.1 Å². The average Bonchev–Trinajstić information content (AvgIpc) is 3.42. The molecule has 0 spiro atoms. The van der Waals surface area contributed by atoms with E-state index < -0.39 is 0 Å². The lowest BCUT2D eigenvalue weighted by molar-refractivity contribution is 0.424. The highest BCUT2D eigenvalue weighted by Gasteiger charge is 2.19. The standard InChI is InChI=1S/C20H21N5O/c1-3-17-9-10-18(26-17)20-19(16-7-5-4-6-8-16)22-14-24(20)11-15(2)25-13-21-12-23-25/h4-10,12-15H,3,11H2,1-2H3. The van der Waals surface area contributed by atoms with Crippen molar-refractivity contribution < 1.29 is 4.42 Å². The molecule has 0 fully saturated rings. The summed E-state index contributed by atoms with van der Waals surface area (Å²) in [4.78, 5) is 8.73. The predicted octanol–water partition coefficient (Wildman–Crippen LogP) is 4.23. The molecule has 1 aromatic carbocycles. The molecule has 6 nitrogen and oxygen atoms in total. The van der Waals surface area contributed by atoms with Crippen molar-refractivity contribution in [1.29, 1.82) is 0 Å². The van der Waals surface area contributed by atoms with Crippen molar-refractivity contribution >= 4 is 0 Å². The fourth-order valence-electron chi connectivity index (χ4n) is 3.09. The molecule has 3 aromatic heterocycles. The molecule has 0 bridgehead atoms. The fourth-order valence-corrected chi connectivity index (χ4v) is 3.09. The number of aryl methyl sites for hydroxylation is 1. The van der Waals surface area contributed by atoms with Gasteiger partial charge in [0, 0.05) is 18.5 Å². The molecule has 0 N–H and O–H groups in total. The Balaban J connectivity index is 1.77. The van der Waals surface area contributed by atoms with Gasteiger partial charge in [-0.3, -0.25) is 0 Å². The first kappa shape index (κ1) is 16.3. The van der Waals surface area contributed by atoms with Crippen molar-refractivity contribution in [3.63, 3.8) is 0 Å². The van der Waals surface area contributed by atoms with Crippen molar-refractivity contribution in [3.8, 4) is 22.7 Å². The number of rotatable bonds is 6. The monoisotopic (exact) mass is 347 g/mol. The summed E-state index contributed by atoms with van der Waals surface area (Å²) in [6, 6.07) is 14.4. The number of imidazole rings is 1. The van der Waals surface area contributed by atoms with Gasteiger partial charge >= 0.3 is 0 Å². The van der Waals surface area contributed by atoms with Gasteiger partial charge < -0.3 is 8.98 Å². The quantitative estimate of drug-likeness (QED) is 0.524. The summed E-state index contributed by atoms with van der Waals surface area (Å²) < 4.78 is 10.0. The Morgan fingerprint density at radius 1 is 1.08 bits per heavy atom. The van der Waals surface area contributed by atoms with Gasteiger partial charge in [0.25, 0.3) is 0 Å². The van der Waals surface area contributed by atoms with E-state index in [-0.39, 0.29) is 6.04 Å². The highest BCUT2D eigenvalue weighted by Crippen LogP contribution is 2.33. The van der Waals surface area contributed by atoms with Crippen LogP contribution in [0.3, 0.4) is 0 Å². The molecule has 3 heterocycles. The minimum Gasteiger partial charge on any atom is -0.459 e. The molecule has 0 aliphatic carbocycles. The van der Waals surface area contributed by atoms with Crippen molar-refractivity contribution in [2.75, 3.05) is 0 Å². The van der Waals surface area contributed by atoms with Crippen LogP contribution in [0.15, 0.2) is 65.9 Å². The lowest BCUT2D eigenvalue weighted by Crippen LogP contribution is -2.13. The van der Waals surface area contributed by atoms with Crippen LogP contribution < -0.4 is 0 Å². The van der Waals surface area contributed by atoms with E-state index in [0.29, 0.717) is 0 Å². The van der Waals surface area contributed by atoms with Gasteiger partial charge in [0.1, 0.15) is 24.1 Å². The molecule has 0 amide bonds. The van der Waals surface area contributed by atoms with Crippen molar-refractivity contribution in [2.45, 2.75) is 32.9 Å². The molecule has 0 radical (unpaired) electrons. The maximum Gasteiger partial charge on any atom is 0.152 e. The molecule has 1 unspecified atom stereocenters. The Labute approximate surface area is 152 Å². The Bertz CT molecular complexity index is 969. The summed E-state index contributed by atoms with van der Waals surface area (Å²) in [6.45, 7) is 4.92. The first-order valence-corrected chi connectivity index (χ1v) is 8.80. The van der Waals surface area contributed by atoms with E-state index in [1.807, 2.05) is 41.3 Å². The predicted molar refractivity (Wildman–Crippen MR) is 99.5 cm³/mol. The van der Waals surface area contributed by atoms with E-state index in [4.69, 9.17) is 4.42 Å². The molecule has 0 aliphatic rings.